The fraction of sp³-hybridized carbons (Fsp3) is 1.00. The summed E-state index contributed by atoms with van der Waals surface area (Å²) in [6.07, 6.45) is -4.20. The van der Waals surface area contributed by atoms with Gasteiger partial charge in [0.25, 0.3) is 0 Å². The van der Waals surface area contributed by atoms with Gasteiger partial charge < -0.3 is 29.9 Å². The highest BCUT2D eigenvalue weighted by Crippen LogP contribution is 2.12. The topological polar surface area (TPSA) is 99.4 Å². The SMILES string of the molecule is CCO[C@@H]([C@@H](O)[C@H](O)CO)[C@H](CO)OCC. The van der Waals surface area contributed by atoms with Crippen molar-refractivity contribution >= 4 is 0 Å². The molecule has 4 N–H and O–H groups in total. The Kier molecular flexibility index (Phi) is 8.73. The second kappa shape index (κ2) is 8.86. The van der Waals surface area contributed by atoms with Crippen LogP contribution in [0.5, 0.6) is 0 Å². The molecule has 0 amide bonds. The van der Waals surface area contributed by atoms with E-state index in [4.69, 9.17) is 19.7 Å². The molecule has 0 aliphatic rings. The maximum absolute atomic E-state index is 9.71. The third-order valence-corrected chi connectivity index (χ3v) is 2.20. The van der Waals surface area contributed by atoms with Crippen LogP contribution in [0.3, 0.4) is 0 Å². The fourth-order valence-corrected chi connectivity index (χ4v) is 1.41. The van der Waals surface area contributed by atoms with Gasteiger partial charge in [-0.15, -0.1) is 0 Å². The molecule has 0 heterocycles. The first-order valence-corrected chi connectivity index (χ1v) is 5.43. The fourth-order valence-electron chi connectivity index (χ4n) is 1.41. The zero-order chi connectivity index (χ0) is 12.6. The highest BCUT2D eigenvalue weighted by Gasteiger charge is 2.33. The number of aliphatic hydroxyl groups is 4. The minimum atomic E-state index is -1.31. The highest BCUT2D eigenvalue weighted by atomic mass is 16.6. The van der Waals surface area contributed by atoms with E-state index in [0.717, 1.165) is 0 Å². The molecular weight excluding hydrogens is 216 g/mol. The van der Waals surface area contributed by atoms with Crippen molar-refractivity contribution in [1.29, 1.82) is 0 Å². The van der Waals surface area contributed by atoms with Crippen molar-refractivity contribution in [2.24, 2.45) is 0 Å². The molecule has 0 aromatic carbocycles. The van der Waals surface area contributed by atoms with Gasteiger partial charge in [0.2, 0.25) is 0 Å². The molecule has 0 spiro atoms. The Morgan fingerprint density at radius 3 is 1.88 bits per heavy atom. The maximum Gasteiger partial charge on any atom is 0.114 e. The van der Waals surface area contributed by atoms with Crippen LogP contribution in [0.25, 0.3) is 0 Å². The van der Waals surface area contributed by atoms with E-state index >= 15 is 0 Å². The lowest BCUT2D eigenvalue weighted by atomic mass is 10.0. The van der Waals surface area contributed by atoms with Gasteiger partial charge in [-0.2, -0.15) is 0 Å². The zero-order valence-corrected chi connectivity index (χ0v) is 9.74. The Morgan fingerprint density at radius 1 is 0.938 bits per heavy atom. The lowest BCUT2D eigenvalue weighted by molar-refractivity contribution is -0.160. The second-order valence-corrected chi connectivity index (χ2v) is 3.34. The minimum absolute atomic E-state index is 0.309. The van der Waals surface area contributed by atoms with Crippen molar-refractivity contribution in [2.45, 2.75) is 38.3 Å². The molecule has 98 valence electrons. The van der Waals surface area contributed by atoms with Crippen molar-refractivity contribution in [3.63, 3.8) is 0 Å². The predicted molar refractivity (Wildman–Crippen MR) is 57.0 cm³/mol. The summed E-state index contributed by atoms with van der Waals surface area (Å²) >= 11 is 0. The van der Waals surface area contributed by atoms with Crippen LogP contribution in [-0.4, -0.2) is 71.3 Å². The normalized spacial score (nSPS) is 19.1. The standard InChI is InChI=1S/C10H22O6/c1-3-15-8(6-12)10(16-4-2)9(14)7(13)5-11/h7-14H,3-6H2,1-2H3/t7-,8+,9+,10-/m1/s1. The van der Waals surface area contributed by atoms with Crippen LogP contribution in [0.2, 0.25) is 0 Å². The van der Waals surface area contributed by atoms with E-state index in [1.54, 1.807) is 13.8 Å². The number of hydrogen-bond donors (Lipinski definition) is 4. The van der Waals surface area contributed by atoms with Gasteiger partial charge in [0.05, 0.1) is 13.2 Å². The first-order valence-electron chi connectivity index (χ1n) is 5.43. The molecular formula is C10H22O6. The van der Waals surface area contributed by atoms with Gasteiger partial charge in [-0.05, 0) is 13.8 Å². The minimum Gasteiger partial charge on any atom is -0.394 e. The van der Waals surface area contributed by atoms with E-state index < -0.39 is 31.0 Å². The molecule has 6 nitrogen and oxygen atoms in total. The van der Waals surface area contributed by atoms with Crippen LogP contribution in [-0.2, 0) is 9.47 Å². The Labute approximate surface area is 95.4 Å². The van der Waals surface area contributed by atoms with Crippen LogP contribution in [0.1, 0.15) is 13.8 Å². The van der Waals surface area contributed by atoms with Crippen LogP contribution in [0.15, 0.2) is 0 Å². The molecule has 0 rings (SSSR count). The molecule has 0 radical (unpaired) electrons. The Hall–Kier alpha value is -0.240. The number of rotatable bonds is 9. The Balaban J connectivity index is 4.53. The van der Waals surface area contributed by atoms with Gasteiger partial charge in [0.15, 0.2) is 0 Å². The number of hydrogen-bond acceptors (Lipinski definition) is 6. The summed E-state index contributed by atoms with van der Waals surface area (Å²) in [6, 6.07) is 0. The van der Waals surface area contributed by atoms with E-state index in [0.29, 0.717) is 13.2 Å². The molecule has 0 aromatic heterocycles. The Bertz CT molecular complexity index is 163. The largest absolute Gasteiger partial charge is 0.394 e. The third-order valence-electron chi connectivity index (χ3n) is 2.20. The number of ether oxygens (including phenoxy) is 2. The molecule has 0 bridgehead atoms. The first-order chi connectivity index (χ1) is 7.62. The summed E-state index contributed by atoms with van der Waals surface area (Å²) in [4.78, 5) is 0. The van der Waals surface area contributed by atoms with E-state index in [9.17, 15) is 10.2 Å². The van der Waals surface area contributed by atoms with Gasteiger partial charge in [-0.25, -0.2) is 0 Å². The molecule has 6 heteroatoms. The van der Waals surface area contributed by atoms with E-state index in [1.165, 1.54) is 0 Å². The molecule has 4 atom stereocenters. The van der Waals surface area contributed by atoms with Crippen molar-refractivity contribution in [2.75, 3.05) is 26.4 Å². The van der Waals surface area contributed by atoms with Gasteiger partial charge in [-0.3, -0.25) is 0 Å². The average Bonchev–Trinajstić information content (AvgIpc) is 2.31. The molecule has 16 heavy (non-hydrogen) atoms. The monoisotopic (exact) mass is 238 g/mol. The molecule has 0 aliphatic heterocycles. The summed E-state index contributed by atoms with van der Waals surface area (Å²) in [5.41, 5.74) is 0. The maximum atomic E-state index is 9.71. The average molecular weight is 238 g/mol. The molecule has 0 aliphatic carbocycles. The lowest BCUT2D eigenvalue weighted by Crippen LogP contribution is -2.49. The van der Waals surface area contributed by atoms with E-state index in [2.05, 4.69) is 0 Å². The molecule has 0 aromatic rings. The van der Waals surface area contributed by atoms with Crippen molar-refractivity contribution < 1.29 is 29.9 Å². The van der Waals surface area contributed by atoms with Gasteiger partial charge in [0, 0.05) is 13.2 Å². The summed E-state index contributed by atoms with van der Waals surface area (Å²) in [6.45, 7) is 3.24. The van der Waals surface area contributed by atoms with Gasteiger partial charge in [0.1, 0.15) is 24.4 Å². The first kappa shape index (κ1) is 15.8. The summed E-state index contributed by atoms with van der Waals surface area (Å²) in [5, 5.41) is 36.9. The van der Waals surface area contributed by atoms with E-state index in [-0.39, 0.29) is 6.61 Å². The molecule has 0 fully saturated rings. The third kappa shape index (κ3) is 4.73. The van der Waals surface area contributed by atoms with Crippen LogP contribution >= 0.6 is 0 Å². The molecule has 0 saturated heterocycles. The van der Waals surface area contributed by atoms with Crippen LogP contribution in [0, 0.1) is 0 Å². The summed E-state index contributed by atoms with van der Waals surface area (Å²) < 4.78 is 10.4. The number of aliphatic hydroxyl groups excluding tert-OH is 4. The molecule has 0 saturated carbocycles. The second-order valence-electron chi connectivity index (χ2n) is 3.34. The highest BCUT2D eigenvalue weighted by molar-refractivity contribution is 4.82. The van der Waals surface area contributed by atoms with Crippen molar-refractivity contribution in [1.82, 2.24) is 0 Å². The zero-order valence-electron chi connectivity index (χ0n) is 9.74. The summed E-state index contributed by atoms with van der Waals surface area (Å²) in [7, 11) is 0. The molecule has 0 unspecified atom stereocenters. The predicted octanol–water partition coefficient (Wildman–Crippen LogP) is -1.50. The van der Waals surface area contributed by atoms with Crippen LogP contribution in [0.4, 0.5) is 0 Å². The quantitative estimate of drug-likeness (QED) is 0.390. The van der Waals surface area contributed by atoms with Crippen molar-refractivity contribution in [3.05, 3.63) is 0 Å². The Morgan fingerprint density at radius 2 is 1.50 bits per heavy atom. The van der Waals surface area contributed by atoms with Crippen molar-refractivity contribution in [3.8, 4) is 0 Å². The summed E-state index contributed by atoms with van der Waals surface area (Å²) in [5.74, 6) is 0. The lowest BCUT2D eigenvalue weighted by Gasteiger charge is -2.31. The smallest absolute Gasteiger partial charge is 0.114 e. The van der Waals surface area contributed by atoms with Gasteiger partial charge in [-0.1, -0.05) is 0 Å². The van der Waals surface area contributed by atoms with E-state index in [1.807, 2.05) is 0 Å². The van der Waals surface area contributed by atoms with Crippen LogP contribution < -0.4 is 0 Å². The van der Waals surface area contributed by atoms with Gasteiger partial charge >= 0.3 is 0 Å².